The van der Waals surface area contributed by atoms with Crippen LogP contribution in [0.4, 0.5) is 4.79 Å². The summed E-state index contributed by atoms with van der Waals surface area (Å²) in [7, 11) is 2.68. The van der Waals surface area contributed by atoms with Crippen LogP contribution in [0.15, 0.2) is 23.8 Å². The van der Waals surface area contributed by atoms with Crippen LogP contribution in [0, 0.1) is 17.8 Å². The number of halogens is 3. The molecular formula is C24H22BrCl2N3O8. The predicted octanol–water partition coefficient (Wildman–Crippen LogP) is 2.20. The van der Waals surface area contributed by atoms with Gasteiger partial charge in [0.15, 0.2) is 9.75 Å². The quantitative estimate of drug-likeness (QED) is 0.222. The van der Waals surface area contributed by atoms with Crippen LogP contribution in [-0.2, 0) is 19.2 Å². The molecule has 0 bridgehead atoms. The number of carbonyl (C=O) groups is 5. The molecule has 3 N–H and O–H groups in total. The number of primary amides is 1. The minimum atomic E-state index is -2.10. The number of alkyl halides is 3. The minimum absolute atomic E-state index is 0.0522. The van der Waals surface area contributed by atoms with E-state index in [1.807, 2.05) is 0 Å². The van der Waals surface area contributed by atoms with E-state index in [1.54, 1.807) is 6.08 Å². The fourth-order valence-electron chi connectivity index (χ4n) is 6.50. The van der Waals surface area contributed by atoms with E-state index in [2.05, 4.69) is 15.9 Å². The van der Waals surface area contributed by atoms with Crippen molar-refractivity contribution in [2.24, 2.45) is 23.5 Å². The first kappa shape index (κ1) is 26.8. The van der Waals surface area contributed by atoms with Crippen molar-refractivity contribution in [2.75, 3.05) is 19.7 Å². The summed E-state index contributed by atoms with van der Waals surface area (Å²) < 4.78 is 11.1. The zero-order valence-corrected chi connectivity index (χ0v) is 23.2. The monoisotopic (exact) mass is 629 g/mol. The fourth-order valence-corrected chi connectivity index (χ4v) is 7.91. The number of likely N-dealkylation sites (tertiary alicyclic amines) is 2. The number of fused-ring (bicyclic) bond motifs is 4. The molecule has 0 spiro atoms. The van der Waals surface area contributed by atoms with Gasteiger partial charge >= 0.3 is 6.03 Å². The Bertz CT molecular complexity index is 1330. The molecule has 4 aliphatic rings. The molecule has 2 aliphatic carbocycles. The smallest absolute Gasteiger partial charge is 0.328 e. The third kappa shape index (κ3) is 3.16. The summed E-state index contributed by atoms with van der Waals surface area (Å²) in [6.07, 6.45) is 1.48. The van der Waals surface area contributed by atoms with Gasteiger partial charge < -0.3 is 20.3 Å². The first-order valence-electron chi connectivity index (χ1n) is 11.5. The number of hydrogen-bond acceptors (Lipinski definition) is 8. The molecule has 0 unspecified atom stereocenters. The molecule has 202 valence electrons. The highest BCUT2D eigenvalue weighted by Gasteiger charge is 2.77. The van der Waals surface area contributed by atoms with Crippen LogP contribution in [0.25, 0.3) is 0 Å². The van der Waals surface area contributed by atoms with Gasteiger partial charge in [0.2, 0.25) is 11.8 Å². The number of nitrogens with two attached hydrogens (primary N) is 1. The summed E-state index contributed by atoms with van der Waals surface area (Å²) >= 11 is 17.4. The normalized spacial score (nSPS) is 34.1. The van der Waals surface area contributed by atoms with Crippen LogP contribution in [0.3, 0.4) is 0 Å². The molecule has 11 nitrogen and oxygen atoms in total. The largest absolute Gasteiger partial charge is 0.508 e. The van der Waals surface area contributed by atoms with Crippen LogP contribution in [0.1, 0.15) is 24.3 Å². The number of benzene rings is 1. The second-order valence-electron chi connectivity index (χ2n) is 9.60. The van der Waals surface area contributed by atoms with Gasteiger partial charge in [0, 0.05) is 23.6 Å². The summed E-state index contributed by atoms with van der Waals surface area (Å²) in [5, 5.41) is 10.3. The van der Waals surface area contributed by atoms with Crippen molar-refractivity contribution >= 4 is 68.8 Å². The third-order valence-corrected chi connectivity index (χ3v) is 9.97. The average molecular weight is 631 g/mol. The maximum absolute atomic E-state index is 13.8. The molecule has 1 aromatic rings. The number of rotatable bonds is 4. The number of carbonyl (C=O) groups excluding carboxylic acids is 5. The standard InChI is InChI=1S/C24H22BrCl2N3O8/c1-37-13-5-9(31)6-14(38-2)16(13)17-10-3-4-11-15(19(33)30(18(11)32)22(28)36)12(10)7-23(26)20(34)29(8-25)21(35)24(17,23)27/h3,5-6,11-12,15,17,31H,4,7-8H2,1-2H3,(H2,28,36)/t11-,12+,15-,17+,23+,24-/m0/s1. The SMILES string of the molecule is COc1cc(O)cc(OC)c1[C@H]1C2=CC[C@@H]3C(=O)N(C(N)=O)C(=O)[C@@H]3[C@@H]2C[C@@]2(Cl)C(=O)N(CBr)C(=O)[C@@]12Cl. The van der Waals surface area contributed by atoms with Crippen LogP contribution in [0.5, 0.6) is 17.2 Å². The number of aromatic hydroxyl groups is 1. The summed E-state index contributed by atoms with van der Waals surface area (Å²) in [5.74, 6) is -7.10. The maximum Gasteiger partial charge on any atom is 0.328 e. The highest BCUT2D eigenvalue weighted by molar-refractivity contribution is 9.09. The number of allylic oxidation sites excluding steroid dienone is 2. The van der Waals surface area contributed by atoms with E-state index in [0.717, 1.165) is 4.90 Å². The second-order valence-corrected chi connectivity index (χ2v) is 11.3. The van der Waals surface area contributed by atoms with Gasteiger partial charge in [-0.15, -0.1) is 23.2 Å². The summed E-state index contributed by atoms with van der Waals surface area (Å²) in [4.78, 5) is 62.9. The van der Waals surface area contributed by atoms with E-state index in [9.17, 15) is 29.1 Å². The number of imide groups is 4. The molecule has 38 heavy (non-hydrogen) atoms. The predicted molar refractivity (Wildman–Crippen MR) is 136 cm³/mol. The first-order valence-corrected chi connectivity index (χ1v) is 13.4. The number of methoxy groups -OCH3 is 2. The highest BCUT2D eigenvalue weighted by Crippen LogP contribution is 2.67. The van der Waals surface area contributed by atoms with Crippen molar-refractivity contribution in [3.8, 4) is 17.2 Å². The van der Waals surface area contributed by atoms with E-state index < -0.39 is 63.1 Å². The topological polar surface area (TPSA) is 157 Å². The molecule has 5 rings (SSSR count). The van der Waals surface area contributed by atoms with Crippen LogP contribution >= 0.6 is 39.1 Å². The number of urea groups is 1. The molecule has 2 aliphatic heterocycles. The molecule has 1 aromatic carbocycles. The molecule has 3 fully saturated rings. The van der Waals surface area contributed by atoms with E-state index in [1.165, 1.54) is 26.4 Å². The molecule has 6 atom stereocenters. The molecular weight excluding hydrogens is 609 g/mol. The molecule has 0 radical (unpaired) electrons. The van der Waals surface area contributed by atoms with Crippen LogP contribution < -0.4 is 15.2 Å². The molecule has 1 saturated carbocycles. The van der Waals surface area contributed by atoms with Gasteiger partial charge in [-0.3, -0.25) is 24.1 Å². The third-order valence-electron chi connectivity index (χ3n) is 8.05. The average Bonchev–Trinajstić information content (AvgIpc) is 3.21. The van der Waals surface area contributed by atoms with Gasteiger partial charge in [-0.2, -0.15) is 4.90 Å². The van der Waals surface area contributed by atoms with Gasteiger partial charge in [-0.25, -0.2) is 4.79 Å². The van der Waals surface area contributed by atoms with Crippen LogP contribution in [-0.4, -0.2) is 74.0 Å². The van der Waals surface area contributed by atoms with Crippen molar-refractivity contribution in [3.63, 3.8) is 0 Å². The van der Waals surface area contributed by atoms with Crippen molar-refractivity contribution in [2.45, 2.75) is 28.5 Å². The Labute approximate surface area is 234 Å². The lowest BCUT2D eigenvalue weighted by Crippen LogP contribution is -2.60. The Kier molecular flexibility index (Phi) is 6.23. The number of phenols is 1. The Balaban J connectivity index is 1.81. The number of nitrogens with zero attached hydrogens (tertiary/aromatic N) is 2. The zero-order chi connectivity index (χ0) is 27.9. The lowest BCUT2D eigenvalue weighted by atomic mass is 9.56. The fraction of sp³-hybridized carbons (Fsp3) is 0.458. The molecule has 2 saturated heterocycles. The number of hydrogen-bond donors (Lipinski definition) is 2. The second kappa shape index (κ2) is 8.85. The van der Waals surface area contributed by atoms with E-state index >= 15 is 0 Å². The van der Waals surface area contributed by atoms with Crippen molar-refractivity contribution in [1.82, 2.24) is 9.80 Å². The van der Waals surface area contributed by atoms with E-state index in [0.29, 0.717) is 10.5 Å². The minimum Gasteiger partial charge on any atom is -0.508 e. The van der Waals surface area contributed by atoms with Gasteiger partial charge in [-0.1, -0.05) is 27.6 Å². The number of ether oxygens (including phenoxy) is 2. The first-order chi connectivity index (χ1) is 17.9. The van der Waals surface area contributed by atoms with E-state index in [4.69, 9.17) is 38.4 Å². The van der Waals surface area contributed by atoms with Crippen molar-refractivity contribution < 1.29 is 38.6 Å². The maximum atomic E-state index is 13.8. The molecule has 2 heterocycles. The molecule has 14 heteroatoms. The Morgan fingerprint density at radius 2 is 1.71 bits per heavy atom. The summed E-state index contributed by atoms with van der Waals surface area (Å²) in [6, 6.07) is 1.40. The Hall–Kier alpha value is -2.83. The van der Waals surface area contributed by atoms with E-state index in [-0.39, 0.29) is 41.1 Å². The lowest BCUT2D eigenvalue weighted by molar-refractivity contribution is -0.139. The molecule has 0 aromatic heterocycles. The van der Waals surface area contributed by atoms with Gasteiger partial charge in [0.05, 0.1) is 31.5 Å². The van der Waals surface area contributed by atoms with Crippen molar-refractivity contribution in [1.29, 1.82) is 0 Å². The Morgan fingerprint density at radius 1 is 1.11 bits per heavy atom. The molecule has 6 amide bonds. The van der Waals surface area contributed by atoms with Gasteiger partial charge in [-0.05, 0) is 18.8 Å². The zero-order valence-electron chi connectivity index (χ0n) is 20.1. The number of phenolic OH excluding ortho intramolecular Hbond substituents is 1. The summed E-state index contributed by atoms with van der Waals surface area (Å²) in [6.45, 7) is 0. The van der Waals surface area contributed by atoms with Crippen molar-refractivity contribution in [3.05, 3.63) is 29.3 Å². The highest BCUT2D eigenvalue weighted by atomic mass is 79.9. The Morgan fingerprint density at radius 3 is 2.24 bits per heavy atom. The number of amides is 6. The summed E-state index contributed by atoms with van der Waals surface area (Å²) in [5.41, 5.74) is 5.83. The van der Waals surface area contributed by atoms with Gasteiger partial charge in [0.1, 0.15) is 17.2 Å². The van der Waals surface area contributed by atoms with Gasteiger partial charge in [0.25, 0.3) is 11.8 Å². The van der Waals surface area contributed by atoms with Crippen LogP contribution in [0.2, 0.25) is 0 Å². The lowest BCUT2D eigenvalue weighted by Gasteiger charge is -2.51.